The molecular formula is C14H12Cl2N2O2. The van der Waals surface area contributed by atoms with Crippen molar-refractivity contribution in [2.45, 2.75) is 0 Å². The zero-order chi connectivity index (χ0) is 14.5. The molecule has 20 heavy (non-hydrogen) atoms. The number of anilines is 2. The summed E-state index contributed by atoms with van der Waals surface area (Å²) >= 11 is 11.7. The van der Waals surface area contributed by atoms with Crippen LogP contribution in [-0.4, -0.2) is 12.5 Å². The lowest BCUT2D eigenvalue weighted by Gasteiger charge is -2.08. The topological polar surface area (TPSA) is 64.3 Å². The largest absolute Gasteiger partial charge is 0.484 e. The van der Waals surface area contributed by atoms with Crippen molar-refractivity contribution < 1.29 is 9.53 Å². The molecule has 0 spiro atoms. The minimum absolute atomic E-state index is 0.138. The van der Waals surface area contributed by atoms with Crippen molar-refractivity contribution in [1.82, 2.24) is 0 Å². The van der Waals surface area contributed by atoms with E-state index in [9.17, 15) is 4.79 Å². The normalized spacial score (nSPS) is 10.1. The first-order chi connectivity index (χ1) is 9.52. The smallest absolute Gasteiger partial charge is 0.262 e. The Morgan fingerprint density at radius 3 is 2.30 bits per heavy atom. The van der Waals surface area contributed by atoms with Gasteiger partial charge < -0.3 is 15.8 Å². The number of carbonyl (C=O) groups excluding carboxylic acids is 1. The van der Waals surface area contributed by atoms with Gasteiger partial charge in [-0.2, -0.15) is 0 Å². The molecule has 2 rings (SSSR count). The number of benzene rings is 2. The molecule has 0 atom stereocenters. The summed E-state index contributed by atoms with van der Waals surface area (Å²) in [6, 6.07) is 11.6. The van der Waals surface area contributed by atoms with Crippen LogP contribution < -0.4 is 15.8 Å². The second-order valence-electron chi connectivity index (χ2n) is 4.06. The van der Waals surface area contributed by atoms with Crippen LogP contribution in [0.4, 0.5) is 11.4 Å². The van der Waals surface area contributed by atoms with Gasteiger partial charge in [0.25, 0.3) is 5.91 Å². The molecular weight excluding hydrogens is 299 g/mol. The molecule has 4 nitrogen and oxygen atoms in total. The molecule has 0 aliphatic rings. The van der Waals surface area contributed by atoms with Crippen LogP contribution >= 0.6 is 23.2 Å². The summed E-state index contributed by atoms with van der Waals surface area (Å²) in [7, 11) is 0. The number of hydrogen-bond donors (Lipinski definition) is 2. The lowest BCUT2D eigenvalue weighted by atomic mass is 10.3. The zero-order valence-electron chi connectivity index (χ0n) is 10.4. The highest BCUT2D eigenvalue weighted by Gasteiger charge is 2.05. The van der Waals surface area contributed by atoms with E-state index in [1.54, 1.807) is 42.5 Å². The fraction of sp³-hybridized carbons (Fsp3) is 0.0714. The van der Waals surface area contributed by atoms with Gasteiger partial charge in [0.05, 0.1) is 0 Å². The second kappa shape index (κ2) is 6.50. The highest BCUT2D eigenvalue weighted by molar-refractivity contribution is 6.34. The van der Waals surface area contributed by atoms with Crippen LogP contribution in [0.5, 0.6) is 5.75 Å². The summed E-state index contributed by atoms with van der Waals surface area (Å²) in [5.41, 5.74) is 6.84. The van der Waals surface area contributed by atoms with Gasteiger partial charge in [0.15, 0.2) is 6.61 Å². The van der Waals surface area contributed by atoms with Gasteiger partial charge in [-0.25, -0.2) is 0 Å². The summed E-state index contributed by atoms with van der Waals surface area (Å²) in [6.45, 7) is -0.138. The number of nitrogens with one attached hydrogen (secondary N) is 1. The standard InChI is InChI=1S/C14H12Cl2N2O2/c15-9-5-10(16)7-13(6-9)20-8-14(19)18-12-3-1-11(17)2-4-12/h1-7H,8,17H2,(H,18,19). The van der Waals surface area contributed by atoms with E-state index in [2.05, 4.69) is 5.32 Å². The van der Waals surface area contributed by atoms with Crippen LogP contribution in [0, 0.1) is 0 Å². The van der Waals surface area contributed by atoms with Crippen LogP contribution in [0.15, 0.2) is 42.5 Å². The Kier molecular flexibility index (Phi) is 4.71. The Balaban J connectivity index is 1.90. The third kappa shape index (κ3) is 4.33. The maximum absolute atomic E-state index is 11.7. The summed E-state index contributed by atoms with van der Waals surface area (Å²) in [5.74, 6) is 0.154. The zero-order valence-corrected chi connectivity index (χ0v) is 11.9. The first-order valence-electron chi connectivity index (χ1n) is 5.77. The molecule has 2 aromatic carbocycles. The fourth-order valence-corrected chi connectivity index (χ4v) is 2.03. The summed E-state index contributed by atoms with van der Waals surface area (Å²) < 4.78 is 5.32. The highest BCUT2D eigenvalue weighted by Crippen LogP contribution is 2.24. The monoisotopic (exact) mass is 310 g/mol. The van der Waals surface area contributed by atoms with Gasteiger partial charge in [0, 0.05) is 21.4 Å². The minimum Gasteiger partial charge on any atom is -0.484 e. The van der Waals surface area contributed by atoms with Crippen molar-refractivity contribution in [2.75, 3.05) is 17.7 Å². The predicted molar refractivity (Wildman–Crippen MR) is 81.4 cm³/mol. The quantitative estimate of drug-likeness (QED) is 0.848. The van der Waals surface area contributed by atoms with E-state index in [4.69, 9.17) is 33.7 Å². The van der Waals surface area contributed by atoms with E-state index in [0.29, 0.717) is 27.2 Å². The van der Waals surface area contributed by atoms with E-state index in [1.165, 1.54) is 0 Å². The van der Waals surface area contributed by atoms with Crippen molar-refractivity contribution in [3.05, 3.63) is 52.5 Å². The molecule has 2 aromatic rings. The average Bonchev–Trinajstić information content (AvgIpc) is 2.38. The molecule has 104 valence electrons. The fourth-order valence-electron chi connectivity index (χ4n) is 1.52. The highest BCUT2D eigenvalue weighted by atomic mass is 35.5. The Morgan fingerprint density at radius 1 is 1.10 bits per heavy atom. The molecule has 0 aliphatic heterocycles. The van der Waals surface area contributed by atoms with E-state index >= 15 is 0 Å². The van der Waals surface area contributed by atoms with Gasteiger partial charge in [-0.1, -0.05) is 23.2 Å². The van der Waals surface area contributed by atoms with E-state index < -0.39 is 0 Å². The molecule has 0 saturated heterocycles. The predicted octanol–water partition coefficient (Wildman–Crippen LogP) is 3.59. The lowest BCUT2D eigenvalue weighted by molar-refractivity contribution is -0.118. The summed E-state index contributed by atoms with van der Waals surface area (Å²) in [5, 5.41) is 3.58. The maximum Gasteiger partial charge on any atom is 0.262 e. The lowest BCUT2D eigenvalue weighted by Crippen LogP contribution is -2.20. The van der Waals surface area contributed by atoms with Crippen LogP contribution in [0.25, 0.3) is 0 Å². The number of nitrogens with two attached hydrogens (primary N) is 1. The molecule has 1 amide bonds. The van der Waals surface area contributed by atoms with Gasteiger partial charge in [0.2, 0.25) is 0 Å². The minimum atomic E-state index is -0.286. The number of rotatable bonds is 4. The van der Waals surface area contributed by atoms with Crippen molar-refractivity contribution in [2.24, 2.45) is 0 Å². The SMILES string of the molecule is Nc1ccc(NC(=O)COc2cc(Cl)cc(Cl)c2)cc1. The second-order valence-corrected chi connectivity index (χ2v) is 4.94. The van der Waals surface area contributed by atoms with Gasteiger partial charge in [-0.15, -0.1) is 0 Å². The molecule has 3 N–H and O–H groups in total. The van der Waals surface area contributed by atoms with Crippen molar-refractivity contribution >= 4 is 40.5 Å². The molecule has 0 saturated carbocycles. The third-order valence-corrected chi connectivity index (χ3v) is 2.84. The van der Waals surface area contributed by atoms with Crippen molar-refractivity contribution in [1.29, 1.82) is 0 Å². The maximum atomic E-state index is 11.7. The Hall–Kier alpha value is -1.91. The molecule has 0 aromatic heterocycles. The molecule has 0 bridgehead atoms. The Labute approximate surface area is 126 Å². The molecule has 0 heterocycles. The average molecular weight is 311 g/mol. The van der Waals surface area contributed by atoms with Crippen molar-refractivity contribution in [3.63, 3.8) is 0 Å². The van der Waals surface area contributed by atoms with E-state index in [0.717, 1.165) is 0 Å². The Bertz CT molecular complexity index is 595. The van der Waals surface area contributed by atoms with E-state index in [-0.39, 0.29) is 12.5 Å². The van der Waals surface area contributed by atoms with Gasteiger partial charge in [-0.05, 0) is 42.5 Å². The van der Waals surface area contributed by atoms with Gasteiger partial charge >= 0.3 is 0 Å². The van der Waals surface area contributed by atoms with E-state index in [1.807, 2.05) is 0 Å². The number of ether oxygens (including phenoxy) is 1. The third-order valence-electron chi connectivity index (χ3n) is 2.40. The number of nitrogen functional groups attached to an aromatic ring is 1. The molecule has 0 unspecified atom stereocenters. The molecule has 0 aliphatic carbocycles. The molecule has 6 heteroatoms. The number of carbonyl (C=O) groups is 1. The first kappa shape index (κ1) is 14.5. The van der Waals surface area contributed by atoms with Crippen molar-refractivity contribution in [3.8, 4) is 5.75 Å². The number of halogens is 2. The van der Waals surface area contributed by atoms with Crippen LogP contribution in [0.2, 0.25) is 10.0 Å². The summed E-state index contributed by atoms with van der Waals surface area (Å²) in [4.78, 5) is 11.7. The van der Waals surface area contributed by atoms with Crippen LogP contribution in [0.3, 0.4) is 0 Å². The first-order valence-corrected chi connectivity index (χ1v) is 6.53. The molecule has 0 radical (unpaired) electrons. The number of amides is 1. The van der Waals surface area contributed by atoms with Gasteiger partial charge in [-0.3, -0.25) is 4.79 Å². The van der Waals surface area contributed by atoms with Crippen LogP contribution in [0.1, 0.15) is 0 Å². The Morgan fingerprint density at radius 2 is 1.70 bits per heavy atom. The summed E-state index contributed by atoms with van der Waals surface area (Å²) in [6.07, 6.45) is 0. The van der Waals surface area contributed by atoms with Crippen LogP contribution in [-0.2, 0) is 4.79 Å². The number of hydrogen-bond acceptors (Lipinski definition) is 3. The van der Waals surface area contributed by atoms with Gasteiger partial charge in [0.1, 0.15) is 5.75 Å². The molecule has 0 fully saturated rings.